The van der Waals surface area contributed by atoms with Crippen LogP contribution in [-0.2, 0) is 11.3 Å². The van der Waals surface area contributed by atoms with Crippen LogP contribution >= 0.6 is 0 Å². The molecule has 23 heavy (non-hydrogen) atoms. The van der Waals surface area contributed by atoms with Crippen molar-refractivity contribution in [2.24, 2.45) is 0 Å². The molecule has 0 fully saturated rings. The standard InChI is InChI=1S/C19H34O3Si/c1-18(2,3)23(5,6)13-12-17(20)19(4,21)15-22-14-16-10-8-7-9-11-16/h7-11,17,20-21H,12-15H2,1-6H3/t17-,19+/m1/s1. The van der Waals surface area contributed by atoms with Crippen LogP contribution in [-0.4, -0.2) is 36.6 Å². The molecule has 0 aliphatic rings. The highest BCUT2D eigenvalue weighted by atomic mass is 28.3. The fourth-order valence-corrected chi connectivity index (χ4v) is 3.97. The van der Waals surface area contributed by atoms with Crippen molar-refractivity contribution in [2.75, 3.05) is 6.61 Å². The number of aliphatic hydroxyl groups excluding tert-OH is 1. The minimum atomic E-state index is -1.44. The van der Waals surface area contributed by atoms with Crippen LogP contribution in [0.5, 0.6) is 0 Å². The van der Waals surface area contributed by atoms with E-state index in [2.05, 4.69) is 33.9 Å². The van der Waals surface area contributed by atoms with Gasteiger partial charge in [0, 0.05) is 0 Å². The number of hydrogen-bond acceptors (Lipinski definition) is 3. The van der Waals surface area contributed by atoms with E-state index in [4.69, 9.17) is 4.74 Å². The number of ether oxygens (including phenoxy) is 1. The zero-order valence-electron chi connectivity index (χ0n) is 15.6. The molecule has 2 atom stereocenters. The molecule has 0 saturated heterocycles. The number of hydrogen-bond donors (Lipinski definition) is 2. The van der Waals surface area contributed by atoms with Gasteiger partial charge in [-0.25, -0.2) is 0 Å². The molecule has 2 N–H and O–H groups in total. The first-order valence-corrected chi connectivity index (χ1v) is 11.7. The molecule has 0 aliphatic heterocycles. The Balaban J connectivity index is 2.45. The predicted octanol–water partition coefficient (Wildman–Crippen LogP) is 4.21. The third-order valence-electron chi connectivity index (χ3n) is 5.30. The number of aliphatic hydroxyl groups is 2. The van der Waals surface area contributed by atoms with E-state index in [-0.39, 0.29) is 6.61 Å². The monoisotopic (exact) mass is 338 g/mol. The molecule has 0 bridgehead atoms. The Morgan fingerprint density at radius 3 is 2.17 bits per heavy atom. The molecule has 132 valence electrons. The molecule has 0 radical (unpaired) electrons. The quantitative estimate of drug-likeness (QED) is 0.698. The second-order valence-electron chi connectivity index (χ2n) is 8.52. The van der Waals surface area contributed by atoms with E-state index in [0.29, 0.717) is 18.1 Å². The third kappa shape index (κ3) is 6.38. The average molecular weight is 339 g/mol. The topological polar surface area (TPSA) is 49.7 Å². The van der Waals surface area contributed by atoms with Crippen molar-refractivity contribution in [3.05, 3.63) is 35.9 Å². The maximum atomic E-state index is 10.5. The molecule has 0 amide bonds. The fourth-order valence-electron chi connectivity index (χ4n) is 2.23. The van der Waals surface area contributed by atoms with Crippen molar-refractivity contribution >= 4 is 8.07 Å². The summed E-state index contributed by atoms with van der Waals surface area (Å²) < 4.78 is 5.61. The van der Waals surface area contributed by atoms with E-state index < -0.39 is 19.8 Å². The summed E-state index contributed by atoms with van der Waals surface area (Å²) in [6.07, 6.45) is -0.134. The Morgan fingerprint density at radius 2 is 1.65 bits per heavy atom. The molecule has 0 aliphatic carbocycles. The first kappa shape index (κ1) is 20.4. The molecule has 0 spiro atoms. The highest BCUT2D eigenvalue weighted by Crippen LogP contribution is 2.40. The Morgan fingerprint density at radius 1 is 1.09 bits per heavy atom. The van der Waals surface area contributed by atoms with E-state index in [1.807, 2.05) is 30.3 Å². The molecule has 1 aromatic rings. The van der Waals surface area contributed by atoms with Crippen molar-refractivity contribution in [3.8, 4) is 0 Å². The SMILES string of the molecule is CC(C)(C)[Si](C)(C)CC[C@@H](O)[C@@](C)(O)COCc1ccccc1. The van der Waals surface area contributed by atoms with Crippen LogP contribution in [0.1, 0.15) is 39.7 Å². The Labute approximate surface area is 142 Å². The first-order valence-electron chi connectivity index (χ1n) is 8.48. The highest BCUT2D eigenvalue weighted by Gasteiger charge is 2.37. The van der Waals surface area contributed by atoms with Gasteiger partial charge in [-0.15, -0.1) is 0 Å². The van der Waals surface area contributed by atoms with Crippen LogP contribution in [0.2, 0.25) is 24.2 Å². The predicted molar refractivity (Wildman–Crippen MR) is 99.3 cm³/mol. The first-order chi connectivity index (χ1) is 10.5. The summed E-state index contributed by atoms with van der Waals surface area (Å²) in [5.74, 6) is 0. The van der Waals surface area contributed by atoms with Crippen molar-refractivity contribution in [1.82, 2.24) is 0 Å². The largest absolute Gasteiger partial charge is 0.390 e. The third-order valence-corrected chi connectivity index (χ3v) is 10.9. The normalized spacial score (nSPS) is 16.9. The Kier molecular flexibility index (Phi) is 7.02. The summed E-state index contributed by atoms with van der Waals surface area (Å²) in [6.45, 7) is 13.8. The van der Waals surface area contributed by atoms with Gasteiger partial charge in [0.2, 0.25) is 0 Å². The molecular formula is C19H34O3Si. The molecule has 0 unspecified atom stereocenters. The van der Waals surface area contributed by atoms with Gasteiger partial charge in [-0.05, 0) is 23.9 Å². The van der Waals surface area contributed by atoms with Crippen LogP contribution in [0.4, 0.5) is 0 Å². The zero-order chi connectivity index (χ0) is 17.7. The second kappa shape index (κ2) is 7.93. The molecular weight excluding hydrogens is 304 g/mol. The van der Waals surface area contributed by atoms with Gasteiger partial charge in [-0.3, -0.25) is 0 Å². The lowest BCUT2D eigenvalue weighted by Gasteiger charge is -2.39. The number of rotatable bonds is 8. The summed E-state index contributed by atoms with van der Waals surface area (Å²) in [7, 11) is -1.44. The maximum Gasteiger partial charge on any atom is 0.111 e. The van der Waals surface area contributed by atoms with Gasteiger partial charge in [0.15, 0.2) is 0 Å². The van der Waals surface area contributed by atoms with E-state index in [1.54, 1.807) is 6.92 Å². The lowest BCUT2D eigenvalue weighted by Crippen LogP contribution is -2.45. The van der Waals surface area contributed by atoms with Crippen LogP contribution in [0.15, 0.2) is 30.3 Å². The van der Waals surface area contributed by atoms with Crippen LogP contribution in [0.25, 0.3) is 0 Å². The highest BCUT2D eigenvalue weighted by molar-refractivity contribution is 6.80. The molecule has 3 nitrogen and oxygen atoms in total. The molecule has 0 saturated carbocycles. The fraction of sp³-hybridized carbons (Fsp3) is 0.684. The van der Waals surface area contributed by atoms with Gasteiger partial charge in [-0.1, -0.05) is 70.2 Å². The average Bonchev–Trinajstić information content (AvgIpc) is 2.44. The molecule has 1 aromatic carbocycles. The van der Waals surface area contributed by atoms with Gasteiger partial charge in [0.1, 0.15) is 5.60 Å². The summed E-state index contributed by atoms with van der Waals surface area (Å²) >= 11 is 0. The summed E-state index contributed by atoms with van der Waals surface area (Å²) in [6, 6.07) is 10.9. The van der Waals surface area contributed by atoms with Crippen LogP contribution < -0.4 is 0 Å². The maximum absolute atomic E-state index is 10.5. The molecule has 0 aromatic heterocycles. The Bertz CT molecular complexity index is 463. The van der Waals surface area contributed by atoms with E-state index in [9.17, 15) is 10.2 Å². The van der Waals surface area contributed by atoms with Gasteiger partial charge in [0.05, 0.1) is 27.4 Å². The molecule has 1 rings (SSSR count). The van der Waals surface area contributed by atoms with Gasteiger partial charge in [-0.2, -0.15) is 0 Å². The van der Waals surface area contributed by atoms with Crippen molar-refractivity contribution in [1.29, 1.82) is 0 Å². The Hall–Kier alpha value is -0.683. The van der Waals surface area contributed by atoms with Crippen LogP contribution in [0, 0.1) is 0 Å². The number of benzene rings is 1. The summed E-state index contributed by atoms with van der Waals surface area (Å²) in [4.78, 5) is 0. The minimum Gasteiger partial charge on any atom is -0.390 e. The molecule has 4 heteroatoms. The zero-order valence-corrected chi connectivity index (χ0v) is 16.6. The van der Waals surface area contributed by atoms with E-state index >= 15 is 0 Å². The van der Waals surface area contributed by atoms with Gasteiger partial charge in [0.25, 0.3) is 0 Å². The van der Waals surface area contributed by atoms with Crippen LogP contribution in [0.3, 0.4) is 0 Å². The van der Waals surface area contributed by atoms with Crippen molar-refractivity contribution in [3.63, 3.8) is 0 Å². The summed E-state index contributed by atoms with van der Waals surface area (Å²) in [5, 5.41) is 21.2. The second-order valence-corrected chi connectivity index (χ2v) is 14.3. The van der Waals surface area contributed by atoms with Gasteiger partial charge < -0.3 is 14.9 Å². The minimum absolute atomic E-state index is 0.139. The van der Waals surface area contributed by atoms with Crippen molar-refractivity contribution < 1.29 is 14.9 Å². The van der Waals surface area contributed by atoms with E-state index in [1.165, 1.54) is 0 Å². The van der Waals surface area contributed by atoms with E-state index in [0.717, 1.165) is 11.6 Å². The smallest absolute Gasteiger partial charge is 0.111 e. The summed E-state index contributed by atoms with van der Waals surface area (Å²) in [5.41, 5.74) is -0.143. The molecule has 0 heterocycles. The lowest BCUT2D eigenvalue weighted by atomic mass is 9.98. The van der Waals surface area contributed by atoms with Crippen molar-refractivity contribution in [2.45, 2.75) is 76.6 Å². The van der Waals surface area contributed by atoms with Gasteiger partial charge >= 0.3 is 0 Å². The lowest BCUT2D eigenvalue weighted by molar-refractivity contribution is -0.113.